The van der Waals surface area contributed by atoms with Gasteiger partial charge >= 0.3 is 0 Å². The van der Waals surface area contributed by atoms with Gasteiger partial charge in [0.15, 0.2) is 0 Å². The van der Waals surface area contributed by atoms with Crippen molar-refractivity contribution in [2.24, 2.45) is 5.92 Å². The molecule has 2 rings (SSSR count). The van der Waals surface area contributed by atoms with E-state index < -0.39 is 0 Å². The molecule has 16 heavy (non-hydrogen) atoms. The fraction of sp³-hybridized carbons (Fsp3) is 0.800. The first-order valence-corrected chi connectivity index (χ1v) is 6.79. The van der Waals surface area contributed by atoms with E-state index in [2.05, 4.69) is 16.0 Å². The number of thioether (sulfide) groups is 1. The maximum Gasteiger partial charge on any atom is 0.238 e. The van der Waals surface area contributed by atoms with Gasteiger partial charge in [-0.3, -0.25) is 14.9 Å². The van der Waals surface area contributed by atoms with Gasteiger partial charge in [0.2, 0.25) is 11.8 Å². The lowest BCUT2D eigenvalue weighted by molar-refractivity contribution is -0.124. The van der Waals surface area contributed by atoms with Crippen LogP contribution in [0, 0.1) is 5.92 Å². The molecule has 1 unspecified atom stereocenters. The predicted octanol–water partition coefficient (Wildman–Crippen LogP) is -0.709. The minimum atomic E-state index is -0.0656. The molecule has 2 amide bonds. The molecule has 0 radical (unpaired) electrons. The van der Waals surface area contributed by atoms with Crippen LogP contribution >= 0.6 is 11.8 Å². The normalized spacial score (nSPS) is 24.1. The fourth-order valence-electron chi connectivity index (χ4n) is 1.55. The Hall–Kier alpha value is -0.750. The molecule has 0 spiro atoms. The smallest absolute Gasteiger partial charge is 0.238 e. The van der Waals surface area contributed by atoms with Crippen molar-refractivity contribution >= 4 is 23.6 Å². The molecule has 2 aliphatic rings. The Morgan fingerprint density at radius 2 is 1.88 bits per heavy atom. The Balaban J connectivity index is 1.53. The third-order valence-corrected chi connectivity index (χ3v) is 3.64. The van der Waals surface area contributed by atoms with Crippen LogP contribution in [0.15, 0.2) is 0 Å². The van der Waals surface area contributed by atoms with Gasteiger partial charge in [-0.05, 0) is 12.8 Å². The van der Waals surface area contributed by atoms with Crippen LogP contribution in [0.5, 0.6) is 0 Å². The highest BCUT2D eigenvalue weighted by atomic mass is 32.2. The van der Waals surface area contributed by atoms with Crippen molar-refractivity contribution < 1.29 is 9.59 Å². The molecule has 1 aliphatic heterocycles. The predicted molar refractivity (Wildman–Crippen MR) is 63.0 cm³/mol. The van der Waals surface area contributed by atoms with Crippen molar-refractivity contribution in [1.82, 2.24) is 16.0 Å². The van der Waals surface area contributed by atoms with Gasteiger partial charge in [-0.25, -0.2) is 0 Å². The second kappa shape index (κ2) is 5.54. The number of carbonyl (C=O) groups excluding carboxylic acids is 2. The summed E-state index contributed by atoms with van der Waals surface area (Å²) < 4.78 is 0. The summed E-state index contributed by atoms with van der Waals surface area (Å²) in [5.41, 5.74) is 0. The molecule has 1 saturated carbocycles. The molecule has 6 heteroatoms. The Bertz CT molecular complexity index is 275. The van der Waals surface area contributed by atoms with Crippen molar-refractivity contribution in [3.8, 4) is 0 Å². The number of nitrogens with one attached hydrogen (secondary N) is 3. The largest absolute Gasteiger partial charge is 0.354 e. The molecule has 90 valence electrons. The molecule has 3 N–H and O–H groups in total. The third kappa shape index (κ3) is 3.38. The molecule has 0 bridgehead atoms. The Morgan fingerprint density at radius 1 is 1.19 bits per heavy atom. The summed E-state index contributed by atoms with van der Waals surface area (Å²) in [6.07, 6.45) is 2.03. The summed E-state index contributed by atoms with van der Waals surface area (Å²) in [6.45, 7) is 1.04. The van der Waals surface area contributed by atoms with Crippen LogP contribution in [0.4, 0.5) is 0 Å². The zero-order valence-corrected chi connectivity index (χ0v) is 9.94. The summed E-state index contributed by atoms with van der Waals surface area (Å²) in [5.74, 6) is 2.08. The second-order valence-electron chi connectivity index (χ2n) is 4.13. The van der Waals surface area contributed by atoms with Gasteiger partial charge in [0.25, 0.3) is 0 Å². The molecule has 1 heterocycles. The summed E-state index contributed by atoms with van der Waals surface area (Å²) in [5, 5.41) is 8.72. The molecule has 1 aliphatic carbocycles. The van der Waals surface area contributed by atoms with Crippen LogP contribution in [-0.2, 0) is 9.59 Å². The highest BCUT2D eigenvalue weighted by Crippen LogP contribution is 2.28. The standard InChI is InChI=1S/C10H17N3O2S/c14-9(7-1-2-7)11-3-4-12-10(15)8-5-16-6-13-8/h7-8,13H,1-6H2,(H,11,14)(H,12,15). The Morgan fingerprint density at radius 3 is 2.44 bits per heavy atom. The number of amides is 2. The lowest BCUT2D eigenvalue weighted by Gasteiger charge is -2.10. The van der Waals surface area contributed by atoms with Gasteiger partial charge in [0, 0.05) is 30.6 Å². The molecule has 1 atom stereocenters. The maximum atomic E-state index is 11.5. The molecular weight excluding hydrogens is 226 g/mol. The molecule has 1 saturated heterocycles. The molecule has 0 aromatic heterocycles. The van der Waals surface area contributed by atoms with Crippen LogP contribution in [0.2, 0.25) is 0 Å². The number of hydrogen-bond donors (Lipinski definition) is 3. The average molecular weight is 243 g/mol. The molecular formula is C10H17N3O2S. The monoisotopic (exact) mass is 243 g/mol. The fourth-order valence-corrected chi connectivity index (χ4v) is 2.49. The van der Waals surface area contributed by atoms with Gasteiger partial charge in [-0.2, -0.15) is 0 Å². The van der Waals surface area contributed by atoms with E-state index >= 15 is 0 Å². The van der Waals surface area contributed by atoms with Gasteiger partial charge in [0.1, 0.15) is 0 Å². The van der Waals surface area contributed by atoms with Crippen LogP contribution in [0.1, 0.15) is 12.8 Å². The van der Waals surface area contributed by atoms with Crippen molar-refractivity contribution in [3.05, 3.63) is 0 Å². The number of hydrogen-bond acceptors (Lipinski definition) is 4. The van der Waals surface area contributed by atoms with Gasteiger partial charge in [0.05, 0.1) is 6.04 Å². The van der Waals surface area contributed by atoms with Crippen molar-refractivity contribution in [2.45, 2.75) is 18.9 Å². The highest BCUT2D eigenvalue weighted by molar-refractivity contribution is 7.99. The first-order chi connectivity index (χ1) is 7.77. The number of rotatable bonds is 5. The van der Waals surface area contributed by atoms with E-state index in [0.717, 1.165) is 24.5 Å². The first kappa shape index (κ1) is 11.7. The SMILES string of the molecule is O=C(NCCNC(=O)C1CSCN1)C1CC1. The van der Waals surface area contributed by atoms with Crippen LogP contribution in [-0.4, -0.2) is 42.6 Å². The van der Waals surface area contributed by atoms with E-state index in [1.807, 2.05) is 0 Å². The van der Waals surface area contributed by atoms with Crippen molar-refractivity contribution in [1.29, 1.82) is 0 Å². The summed E-state index contributed by atoms with van der Waals surface area (Å²) in [4.78, 5) is 22.8. The van der Waals surface area contributed by atoms with Crippen LogP contribution in [0.25, 0.3) is 0 Å². The average Bonchev–Trinajstić information content (AvgIpc) is 2.99. The minimum absolute atomic E-state index is 0.0330. The van der Waals surface area contributed by atoms with Gasteiger partial charge < -0.3 is 10.6 Å². The number of carbonyl (C=O) groups is 2. The maximum absolute atomic E-state index is 11.5. The lowest BCUT2D eigenvalue weighted by Crippen LogP contribution is -2.44. The Labute approximate surface area is 99.1 Å². The zero-order valence-electron chi connectivity index (χ0n) is 9.12. The molecule has 0 aromatic carbocycles. The van der Waals surface area contributed by atoms with Gasteiger partial charge in [-0.1, -0.05) is 0 Å². The molecule has 2 fully saturated rings. The van der Waals surface area contributed by atoms with Crippen molar-refractivity contribution in [2.75, 3.05) is 24.7 Å². The Kier molecular flexibility index (Phi) is 4.06. The first-order valence-electron chi connectivity index (χ1n) is 5.64. The van der Waals surface area contributed by atoms with E-state index in [1.165, 1.54) is 0 Å². The van der Waals surface area contributed by atoms with E-state index in [0.29, 0.717) is 13.1 Å². The van der Waals surface area contributed by atoms with Crippen molar-refractivity contribution in [3.63, 3.8) is 0 Å². The highest BCUT2D eigenvalue weighted by Gasteiger charge is 2.29. The molecule has 0 aromatic rings. The summed E-state index contributed by atoms with van der Waals surface area (Å²) in [6, 6.07) is -0.0656. The van der Waals surface area contributed by atoms with Crippen LogP contribution < -0.4 is 16.0 Å². The quantitative estimate of drug-likeness (QED) is 0.558. The minimum Gasteiger partial charge on any atom is -0.354 e. The molecule has 5 nitrogen and oxygen atoms in total. The van der Waals surface area contributed by atoms with E-state index in [1.54, 1.807) is 11.8 Å². The summed E-state index contributed by atoms with van der Waals surface area (Å²) in [7, 11) is 0. The zero-order chi connectivity index (χ0) is 11.4. The van der Waals surface area contributed by atoms with Crippen LogP contribution in [0.3, 0.4) is 0 Å². The summed E-state index contributed by atoms with van der Waals surface area (Å²) >= 11 is 1.73. The van der Waals surface area contributed by atoms with E-state index in [9.17, 15) is 9.59 Å². The third-order valence-electron chi connectivity index (χ3n) is 2.70. The second-order valence-corrected chi connectivity index (χ2v) is 5.16. The topological polar surface area (TPSA) is 70.2 Å². The van der Waals surface area contributed by atoms with Gasteiger partial charge in [-0.15, -0.1) is 11.8 Å². The lowest BCUT2D eigenvalue weighted by atomic mass is 10.3. The van der Waals surface area contributed by atoms with E-state index in [4.69, 9.17) is 0 Å². The van der Waals surface area contributed by atoms with E-state index in [-0.39, 0.29) is 23.8 Å².